The normalized spacial score (nSPS) is 16.0. The van der Waals surface area contributed by atoms with E-state index in [0.717, 1.165) is 54.7 Å². The van der Waals surface area contributed by atoms with Crippen molar-refractivity contribution in [2.45, 2.75) is 25.8 Å². The molecule has 5 heterocycles. The average Bonchev–Trinajstić information content (AvgIpc) is 3.49. The molecule has 1 aliphatic heterocycles. The molecule has 33 heavy (non-hydrogen) atoms. The van der Waals surface area contributed by atoms with Crippen molar-refractivity contribution >= 4 is 34.7 Å². The molecule has 1 fully saturated rings. The van der Waals surface area contributed by atoms with Crippen molar-refractivity contribution in [1.29, 1.82) is 0 Å². The number of aryl methyl sites for hydroxylation is 1. The quantitative estimate of drug-likeness (QED) is 0.447. The predicted molar refractivity (Wildman–Crippen MR) is 132 cm³/mol. The number of imidazole rings is 1. The lowest BCUT2D eigenvalue weighted by Crippen LogP contribution is -2.31. The number of fused-ring (bicyclic) bond motifs is 1. The zero-order chi connectivity index (χ0) is 22.8. The van der Waals surface area contributed by atoms with Crippen LogP contribution in [0.1, 0.15) is 18.9 Å². The predicted octanol–water partition coefficient (Wildman–Crippen LogP) is 3.71. The van der Waals surface area contributed by atoms with E-state index in [0.29, 0.717) is 12.0 Å². The highest BCUT2D eigenvalue weighted by atomic mass is 15.3. The summed E-state index contributed by atoms with van der Waals surface area (Å²) in [6, 6.07) is 10.6. The van der Waals surface area contributed by atoms with Crippen molar-refractivity contribution in [3.8, 4) is 0 Å². The number of hydrogen-bond donors (Lipinski definition) is 2. The lowest BCUT2D eigenvalue weighted by Gasteiger charge is -2.22. The summed E-state index contributed by atoms with van der Waals surface area (Å²) in [6.45, 7) is 4.03. The standard InChI is InChI=1S/C24H29N9/c1-4-17-5-8-25-20(13-17)28-24-29-21(27-18-6-10-32-12-9-26-22(32)14-18)15-23(30-24)33-11-7-19(16-33)31(2)3/h5-6,8-10,12-15,19H,4,7,11,16H2,1-3H3,(H2,25,27,28,29,30)/t19-/m1/s1. The summed E-state index contributed by atoms with van der Waals surface area (Å²) in [6.07, 6.45) is 9.56. The molecule has 0 unspecified atom stereocenters. The van der Waals surface area contributed by atoms with Gasteiger partial charge in [0.25, 0.3) is 0 Å². The molecule has 9 heteroatoms. The number of likely N-dealkylation sites (N-methyl/N-ethyl adjacent to an activating group) is 1. The number of rotatable bonds is 7. The van der Waals surface area contributed by atoms with E-state index >= 15 is 0 Å². The Balaban J connectivity index is 1.46. The molecule has 0 aromatic carbocycles. The first-order valence-electron chi connectivity index (χ1n) is 11.3. The minimum atomic E-state index is 0.513. The van der Waals surface area contributed by atoms with Crippen LogP contribution in [-0.2, 0) is 6.42 Å². The van der Waals surface area contributed by atoms with Gasteiger partial charge in [0, 0.05) is 61.7 Å². The van der Waals surface area contributed by atoms with Crippen LogP contribution < -0.4 is 15.5 Å². The van der Waals surface area contributed by atoms with Gasteiger partial charge in [0.2, 0.25) is 5.95 Å². The molecule has 0 amide bonds. The molecule has 0 radical (unpaired) electrons. The largest absolute Gasteiger partial charge is 0.355 e. The summed E-state index contributed by atoms with van der Waals surface area (Å²) < 4.78 is 1.97. The SMILES string of the molecule is CCc1ccnc(Nc2nc(Nc3ccn4ccnc4c3)cc(N3CC[C@@H](N(C)C)C3)n2)c1. The second kappa shape index (κ2) is 9.03. The van der Waals surface area contributed by atoms with Crippen LogP contribution in [0.2, 0.25) is 0 Å². The summed E-state index contributed by atoms with van der Waals surface area (Å²) in [5.41, 5.74) is 3.01. The molecule has 0 aliphatic carbocycles. The second-order valence-electron chi connectivity index (χ2n) is 8.55. The number of hydrogen-bond acceptors (Lipinski definition) is 8. The van der Waals surface area contributed by atoms with Crippen LogP contribution in [0.5, 0.6) is 0 Å². The topological polar surface area (TPSA) is 86.5 Å². The monoisotopic (exact) mass is 443 g/mol. The van der Waals surface area contributed by atoms with E-state index in [4.69, 9.17) is 9.97 Å². The Morgan fingerprint density at radius 1 is 1.00 bits per heavy atom. The first-order valence-corrected chi connectivity index (χ1v) is 11.3. The van der Waals surface area contributed by atoms with E-state index in [1.807, 2.05) is 53.3 Å². The molecule has 4 aromatic rings. The zero-order valence-corrected chi connectivity index (χ0v) is 19.2. The first kappa shape index (κ1) is 21.1. The fourth-order valence-corrected chi connectivity index (χ4v) is 4.10. The minimum absolute atomic E-state index is 0.513. The van der Waals surface area contributed by atoms with Gasteiger partial charge in [0.05, 0.1) is 0 Å². The van der Waals surface area contributed by atoms with E-state index in [1.165, 1.54) is 5.56 Å². The van der Waals surface area contributed by atoms with Gasteiger partial charge in [-0.3, -0.25) is 0 Å². The van der Waals surface area contributed by atoms with Crippen LogP contribution in [0.15, 0.2) is 55.1 Å². The molecule has 5 rings (SSSR count). The number of anilines is 5. The van der Waals surface area contributed by atoms with Crippen LogP contribution in [0, 0.1) is 0 Å². The highest BCUT2D eigenvalue weighted by Crippen LogP contribution is 2.27. The van der Waals surface area contributed by atoms with Gasteiger partial charge in [-0.25, -0.2) is 9.97 Å². The zero-order valence-electron chi connectivity index (χ0n) is 19.2. The van der Waals surface area contributed by atoms with Gasteiger partial charge < -0.3 is 24.8 Å². The molecular formula is C24H29N9. The molecule has 0 bridgehead atoms. The van der Waals surface area contributed by atoms with E-state index in [1.54, 1.807) is 6.20 Å². The van der Waals surface area contributed by atoms with Crippen LogP contribution >= 0.6 is 0 Å². The fourth-order valence-electron chi connectivity index (χ4n) is 4.10. The Labute approximate surface area is 193 Å². The lowest BCUT2D eigenvalue weighted by molar-refractivity contribution is 0.315. The Hall–Kier alpha value is -3.72. The molecule has 0 spiro atoms. The maximum absolute atomic E-state index is 4.83. The summed E-state index contributed by atoms with van der Waals surface area (Å²) in [4.78, 5) is 23.0. The molecule has 1 saturated heterocycles. The van der Waals surface area contributed by atoms with E-state index in [-0.39, 0.29) is 0 Å². The van der Waals surface area contributed by atoms with Gasteiger partial charge in [-0.1, -0.05) is 6.92 Å². The van der Waals surface area contributed by atoms with Crippen molar-refractivity contribution in [2.24, 2.45) is 0 Å². The third-order valence-electron chi connectivity index (χ3n) is 6.07. The molecule has 1 aliphatic rings. The summed E-state index contributed by atoms with van der Waals surface area (Å²) in [5.74, 6) is 2.88. The lowest BCUT2D eigenvalue weighted by atomic mass is 10.2. The average molecular weight is 444 g/mol. The van der Waals surface area contributed by atoms with Crippen molar-refractivity contribution in [3.63, 3.8) is 0 Å². The smallest absolute Gasteiger partial charge is 0.232 e. The third kappa shape index (κ3) is 4.73. The Morgan fingerprint density at radius 3 is 2.73 bits per heavy atom. The van der Waals surface area contributed by atoms with E-state index in [9.17, 15) is 0 Å². The van der Waals surface area contributed by atoms with E-state index in [2.05, 4.69) is 51.4 Å². The fraction of sp³-hybridized carbons (Fsp3) is 0.333. The molecule has 4 aromatic heterocycles. The van der Waals surface area contributed by atoms with Gasteiger partial charge >= 0.3 is 0 Å². The van der Waals surface area contributed by atoms with Crippen LogP contribution in [0.4, 0.5) is 29.1 Å². The highest BCUT2D eigenvalue weighted by Gasteiger charge is 2.25. The molecule has 170 valence electrons. The Morgan fingerprint density at radius 2 is 1.91 bits per heavy atom. The number of pyridine rings is 2. The van der Waals surface area contributed by atoms with Crippen LogP contribution in [0.25, 0.3) is 5.65 Å². The summed E-state index contributed by atoms with van der Waals surface area (Å²) >= 11 is 0. The number of aromatic nitrogens is 5. The van der Waals surface area contributed by atoms with Crippen LogP contribution in [0.3, 0.4) is 0 Å². The number of nitrogens with one attached hydrogen (secondary N) is 2. The molecule has 0 saturated carbocycles. The van der Waals surface area contributed by atoms with Gasteiger partial charge in [-0.15, -0.1) is 0 Å². The van der Waals surface area contributed by atoms with Gasteiger partial charge in [0.1, 0.15) is 23.1 Å². The van der Waals surface area contributed by atoms with Gasteiger partial charge in [-0.05, 0) is 50.7 Å². The maximum Gasteiger partial charge on any atom is 0.232 e. The first-order chi connectivity index (χ1) is 16.1. The molecule has 1 atom stereocenters. The van der Waals surface area contributed by atoms with Crippen LogP contribution in [-0.4, -0.2) is 62.5 Å². The molecule has 2 N–H and O–H groups in total. The van der Waals surface area contributed by atoms with Gasteiger partial charge in [-0.2, -0.15) is 9.97 Å². The van der Waals surface area contributed by atoms with Crippen molar-refractivity contribution in [3.05, 3.63) is 60.7 Å². The van der Waals surface area contributed by atoms with Crippen molar-refractivity contribution < 1.29 is 0 Å². The highest BCUT2D eigenvalue weighted by molar-refractivity contribution is 5.66. The Bertz CT molecular complexity index is 1250. The molecule has 9 nitrogen and oxygen atoms in total. The third-order valence-corrected chi connectivity index (χ3v) is 6.07. The van der Waals surface area contributed by atoms with E-state index < -0.39 is 0 Å². The second-order valence-corrected chi connectivity index (χ2v) is 8.55. The molecular weight excluding hydrogens is 414 g/mol. The minimum Gasteiger partial charge on any atom is -0.355 e. The maximum atomic E-state index is 4.83. The Kier molecular flexibility index (Phi) is 5.78. The summed E-state index contributed by atoms with van der Waals surface area (Å²) in [5, 5.41) is 6.73. The van der Waals surface area contributed by atoms with Gasteiger partial charge in [0.15, 0.2) is 0 Å². The number of nitrogens with zero attached hydrogens (tertiary/aromatic N) is 7. The van der Waals surface area contributed by atoms with Crippen molar-refractivity contribution in [2.75, 3.05) is 42.7 Å². The van der Waals surface area contributed by atoms with Crippen molar-refractivity contribution in [1.82, 2.24) is 29.2 Å². The summed E-state index contributed by atoms with van der Waals surface area (Å²) in [7, 11) is 4.26.